The molecule has 1 heterocycles. The van der Waals surface area contributed by atoms with Crippen LogP contribution >= 0.6 is 0 Å². The Bertz CT molecular complexity index is 481. The first-order valence-electron chi connectivity index (χ1n) is 5.11. The number of rotatable bonds is 3. The van der Waals surface area contributed by atoms with E-state index in [4.69, 9.17) is 0 Å². The Morgan fingerprint density at radius 3 is 2.69 bits per heavy atom. The zero-order valence-corrected chi connectivity index (χ0v) is 9.87. The molecule has 0 atom stereocenters. The predicted octanol–water partition coefficient (Wildman–Crippen LogP) is 1.05. The molecule has 1 aromatic rings. The van der Waals surface area contributed by atoms with Gasteiger partial charge in [-0.2, -0.15) is 0 Å². The first kappa shape index (κ1) is 11.5. The Labute approximate surface area is 94.8 Å². The summed E-state index contributed by atoms with van der Waals surface area (Å²) in [6, 6.07) is 6.39. The molecule has 1 aromatic carbocycles. The minimum atomic E-state index is -2.92. The van der Waals surface area contributed by atoms with Crippen molar-refractivity contribution in [3.8, 4) is 0 Å². The second-order valence-corrected chi connectivity index (χ2v) is 6.60. The van der Waals surface area contributed by atoms with Crippen LogP contribution in [-0.4, -0.2) is 37.9 Å². The molecular formula is C11H14FNO2S. The van der Waals surface area contributed by atoms with Crippen LogP contribution in [0.3, 0.4) is 0 Å². The summed E-state index contributed by atoms with van der Waals surface area (Å²) >= 11 is 0. The van der Waals surface area contributed by atoms with Gasteiger partial charge in [-0.25, -0.2) is 12.8 Å². The van der Waals surface area contributed by atoms with Gasteiger partial charge in [0.2, 0.25) is 0 Å². The van der Waals surface area contributed by atoms with Gasteiger partial charge in [0.05, 0.1) is 5.25 Å². The van der Waals surface area contributed by atoms with Crippen LogP contribution in [0.15, 0.2) is 24.3 Å². The lowest BCUT2D eigenvalue weighted by molar-refractivity contribution is 0.176. The summed E-state index contributed by atoms with van der Waals surface area (Å²) in [6.45, 7) is 1.72. The third-order valence-corrected chi connectivity index (χ3v) is 4.33. The molecule has 1 aliphatic heterocycles. The quantitative estimate of drug-likeness (QED) is 0.796. The molecule has 3 nitrogen and oxygen atoms in total. The van der Waals surface area contributed by atoms with Crippen LogP contribution in [0.25, 0.3) is 0 Å². The van der Waals surface area contributed by atoms with Gasteiger partial charge in [-0.3, -0.25) is 4.90 Å². The first-order chi connectivity index (χ1) is 7.45. The van der Waals surface area contributed by atoms with Crippen LogP contribution < -0.4 is 0 Å². The molecule has 0 aromatic heterocycles. The van der Waals surface area contributed by atoms with Crippen LogP contribution in [0, 0.1) is 5.82 Å². The van der Waals surface area contributed by atoms with Crippen molar-refractivity contribution in [2.24, 2.45) is 0 Å². The number of benzene rings is 1. The lowest BCUT2D eigenvalue weighted by atomic mass is 10.1. The molecular weight excluding hydrogens is 229 g/mol. The molecule has 1 aliphatic rings. The monoisotopic (exact) mass is 243 g/mol. The molecule has 0 aliphatic carbocycles. The van der Waals surface area contributed by atoms with Crippen molar-refractivity contribution in [2.45, 2.75) is 11.8 Å². The van der Waals surface area contributed by atoms with Gasteiger partial charge in [0.1, 0.15) is 5.82 Å². The van der Waals surface area contributed by atoms with E-state index in [1.54, 1.807) is 6.07 Å². The van der Waals surface area contributed by atoms with Crippen molar-refractivity contribution in [1.82, 2.24) is 4.90 Å². The second-order valence-electron chi connectivity index (χ2n) is 4.28. The molecule has 0 spiro atoms. The van der Waals surface area contributed by atoms with E-state index >= 15 is 0 Å². The summed E-state index contributed by atoms with van der Waals surface area (Å²) in [5.74, 6) is -0.252. The summed E-state index contributed by atoms with van der Waals surface area (Å²) in [4.78, 5) is 2.00. The summed E-state index contributed by atoms with van der Waals surface area (Å²) in [5, 5.41) is -0.249. The largest absolute Gasteiger partial charge is 0.296 e. The fraction of sp³-hybridized carbons (Fsp3) is 0.455. The predicted molar refractivity (Wildman–Crippen MR) is 60.3 cm³/mol. The standard InChI is InChI=1S/C11H14FNO2S/c1-16(14,15)11-7-13(8-11)6-9-3-2-4-10(12)5-9/h2-5,11H,6-8H2,1H3. The van der Waals surface area contributed by atoms with Crippen molar-refractivity contribution in [3.63, 3.8) is 0 Å². The lowest BCUT2D eigenvalue weighted by Gasteiger charge is -2.37. The highest BCUT2D eigenvalue weighted by molar-refractivity contribution is 7.91. The average Bonchev–Trinajstić information content (AvgIpc) is 2.08. The maximum Gasteiger partial charge on any atom is 0.152 e. The zero-order chi connectivity index (χ0) is 11.8. The van der Waals surface area contributed by atoms with Gasteiger partial charge in [-0.05, 0) is 17.7 Å². The first-order valence-corrected chi connectivity index (χ1v) is 7.06. The maximum atomic E-state index is 12.9. The van der Waals surface area contributed by atoms with Crippen molar-refractivity contribution in [3.05, 3.63) is 35.6 Å². The SMILES string of the molecule is CS(=O)(=O)C1CN(Cc2cccc(F)c2)C1. The minimum absolute atomic E-state index is 0.249. The highest BCUT2D eigenvalue weighted by Crippen LogP contribution is 2.18. The molecule has 0 unspecified atom stereocenters. The molecule has 2 rings (SSSR count). The smallest absolute Gasteiger partial charge is 0.152 e. The Morgan fingerprint density at radius 2 is 2.12 bits per heavy atom. The van der Waals surface area contributed by atoms with E-state index in [2.05, 4.69) is 0 Å². The molecule has 1 saturated heterocycles. The number of hydrogen-bond acceptors (Lipinski definition) is 3. The Balaban J connectivity index is 1.91. The lowest BCUT2D eigenvalue weighted by Crippen LogP contribution is -2.53. The van der Waals surface area contributed by atoms with E-state index < -0.39 is 9.84 Å². The summed E-state index contributed by atoms with van der Waals surface area (Å²) in [6.07, 6.45) is 1.26. The highest BCUT2D eigenvalue weighted by Gasteiger charge is 2.34. The molecule has 0 bridgehead atoms. The van der Waals surface area contributed by atoms with Crippen LogP contribution in [0.2, 0.25) is 0 Å². The number of hydrogen-bond donors (Lipinski definition) is 0. The van der Waals surface area contributed by atoms with E-state index in [1.807, 2.05) is 11.0 Å². The van der Waals surface area contributed by atoms with Crippen molar-refractivity contribution < 1.29 is 12.8 Å². The van der Waals surface area contributed by atoms with Gasteiger partial charge in [0, 0.05) is 25.9 Å². The number of likely N-dealkylation sites (tertiary alicyclic amines) is 1. The molecule has 16 heavy (non-hydrogen) atoms. The van der Waals surface area contributed by atoms with E-state index in [-0.39, 0.29) is 11.1 Å². The Kier molecular flexibility index (Phi) is 2.99. The molecule has 1 fully saturated rings. The molecule has 0 amide bonds. The van der Waals surface area contributed by atoms with Crippen LogP contribution in [0.4, 0.5) is 4.39 Å². The normalized spacial score (nSPS) is 18.4. The molecule has 0 N–H and O–H groups in total. The topological polar surface area (TPSA) is 37.4 Å². The van der Waals surface area contributed by atoms with Gasteiger partial charge in [-0.1, -0.05) is 12.1 Å². The minimum Gasteiger partial charge on any atom is -0.296 e. The van der Waals surface area contributed by atoms with Crippen molar-refractivity contribution >= 4 is 9.84 Å². The van der Waals surface area contributed by atoms with Crippen LogP contribution in [0.1, 0.15) is 5.56 Å². The van der Waals surface area contributed by atoms with Gasteiger partial charge < -0.3 is 0 Å². The average molecular weight is 243 g/mol. The van der Waals surface area contributed by atoms with Gasteiger partial charge >= 0.3 is 0 Å². The van der Waals surface area contributed by atoms with Crippen LogP contribution in [0.5, 0.6) is 0 Å². The van der Waals surface area contributed by atoms with E-state index in [9.17, 15) is 12.8 Å². The molecule has 88 valence electrons. The maximum absolute atomic E-state index is 12.9. The van der Waals surface area contributed by atoms with Gasteiger partial charge in [-0.15, -0.1) is 0 Å². The van der Waals surface area contributed by atoms with Crippen molar-refractivity contribution in [2.75, 3.05) is 19.3 Å². The zero-order valence-electron chi connectivity index (χ0n) is 9.06. The Hall–Kier alpha value is -0.940. The number of sulfone groups is 1. The Morgan fingerprint density at radius 1 is 1.44 bits per heavy atom. The summed E-state index contributed by atoms with van der Waals surface area (Å²) in [7, 11) is -2.92. The molecule has 0 radical (unpaired) electrons. The third-order valence-electron chi connectivity index (χ3n) is 2.82. The van der Waals surface area contributed by atoms with Crippen molar-refractivity contribution in [1.29, 1.82) is 0 Å². The second kappa shape index (κ2) is 4.14. The fourth-order valence-corrected chi connectivity index (χ4v) is 2.78. The number of halogens is 1. The summed E-state index contributed by atoms with van der Waals surface area (Å²) in [5.41, 5.74) is 0.881. The van der Waals surface area contributed by atoms with E-state index in [0.717, 1.165) is 5.56 Å². The number of nitrogens with zero attached hydrogens (tertiary/aromatic N) is 1. The van der Waals surface area contributed by atoms with E-state index in [0.29, 0.717) is 19.6 Å². The van der Waals surface area contributed by atoms with Gasteiger partial charge in [0.25, 0.3) is 0 Å². The molecule has 5 heteroatoms. The van der Waals surface area contributed by atoms with E-state index in [1.165, 1.54) is 18.4 Å². The fourth-order valence-electron chi connectivity index (χ4n) is 1.82. The van der Waals surface area contributed by atoms with Crippen LogP contribution in [-0.2, 0) is 16.4 Å². The highest BCUT2D eigenvalue weighted by atomic mass is 32.2. The summed E-state index contributed by atoms with van der Waals surface area (Å²) < 4.78 is 35.2. The van der Waals surface area contributed by atoms with Gasteiger partial charge in [0.15, 0.2) is 9.84 Å². The molecule has 0 saturated carbocycles. The third kappa shape index (κ3) is 2.59.